The van der Waals surface area contributed by atoms with Crippen molar-refractivity contribution in [3.63, 3.8) is 0 Å². The van der Waals surface area contributed by atoms with Gasteiger partial charge in [0.05, 0.1) is 5.56 Å². The van der Waals surface area contributed by atoms with Gasteiger partial charge in [-0.3, -0.25) is 0 Å². The van der Waals surface area contributed by atoms with Crippen LogP contribution in [0.1, 0.15) is 57.2 Å². The molecule has 120 valence electrons. The van der Waals surface area contributed by atoms with Crippen molar-refractivity contribution >= 4 is 15.9 Å². The molecule has 0 radical (unpaired) electrons. The summed E-state index contributed by atoms with van der Waals surface area (Å²) in [6.45, 7) is 6.75. The van der Waals surface area contributed by atoms with Crippen LogP contribution in [0.3, 0.4) is 0 Å². The van der Waals surface area contributed by atoms with E-state index >= 15 is 0 Å². The Kier molecular flexibility index (Phi) is 7.21. The Balaban J connectivity index is 3.18. The third kappa shape index (κ3) is 5.29. The molecule has 5 heteroatoms. The van der Waals surface area contributed by atoms with E-state index in [2.05, 4.69) is 35.1 Å². The van der Waals surface area contributed by atoms with Gasteiger partial charge in [-0.05, 0) is 36.6 Å². The summed E-state index contributed by atoms with van der Waals surface area (Å²) in [5.41, 5.74) is -0.201. The SMILES string of the molecule is CCNC(CC(CC)CC)c1ccc(Br)cc1C(F)(F)F. The molecule has 0 saturated carbocycles. The quantitative estimate of drug-likeness (QED) is 0.629. The van der Waals surface area contributed by atoms with Crippen molar-refractivity contribution in [2.45, 2.75) is 52.3 Å². The van der Waals surface area contributed by atoms with Crippen molar-refractivity contribution in [1.29, 1.82) is 0 Å². The first-order valence-corrected chi connectivity index (χ1v) is 8.22. The highest BCUT2D eigenvalue weighted by Crippen LogP contribution is 2.38. The maximum absolute atomic E-state index is 13.3. The van der Waals surface area contributed by atoms with Crippen molar-refractivity contribution in [2.75, 3.05) is 6.54 Å². The van der Waals surface area contributed by atoms with E-state index in [4.69, 9.17) is 0 Å². The zero-order valence-electron chi connectivity index (χ0n) is 12.7. The summed E-state index contributed by atoms with van der Waals surface area (Å²) in [4.78, 5) is 0. The topological polar surface area (TPSA) is 12.0 Å². The average Bonchev–Trinajstić information content (AvgIpc) is 2.42. The zero-order valence-corrected chi connectivity index (χ0v) is 14.3. The van der Waals surface area contributed by atoms with Gasteiger partial charge in [0.25, 0.3) is 0 Å². The van der Waals surface area contributed by atoms with Gasteiger partial charge in [0.15, 0.2) is 0 Å². The Labute approximate surface area is 133 Å². The molecule has 0 amide bonds. The molecule has 0 aliphatic rings. The zero-order chi connectivity index (χ0) is 16.0. The van der Waals surface area contributed by atoms with Crippen molar-refractivity contribution in [2.24, 2.45) is 5.92 Å². The summed E-state index contributed by atoms with van der Waals surface area (Å²) in [5, 5.41) is 3.21. The van der Waals surface area contributed by atoms with Gasteiger partial charge in [-0.25, -0.2) is 0 Å². The molecule has 0 aromatic heterocycles. The van der Waals surface area contributed by atoms with Gasteiger partial charge in [0.1, 0.15) is 0 Å². The van der Waals surface area contributed by atoms with E-state index < -0.39 is 11.7 Å². The molecule has 1 N–H and O–H groups in total. The third-order valence-corrected chi connectivity index (χ3v) is 4.36. The van der Waals surface area contributed by atoms with Gasteiger partial charge in [0, 0.05) is 10.5 Å². The monoisotopic (exact) mass is 365 g/mol. The number of rotatable bonds is 7. The number of nitrogens with one attached hydrogen (secondary N) is 1. The molecule has 0 saturated heterocycles. The molecule has 1 aromatic carbocycles. The smallest absolute Gasteiger partial charge is 0.310 e. The van der Waals surface area contributed by atoms with Crippen molar-refractivity contribution in [3.05, 3.63) is 33.8 Å². The Morgan fingerprint density at radius 3 is 2.24 bits per heavy atom. The molecule has 21 heavy (non-hydrogen) atoms. The summed E-state index contributed by atoms with van der Waals surface area (Å²) in [6.07, 6.45) is -1.64. The van der Waals surface area contributed by atoms with E-state index in [0.717, 1.165) is 19.3 Å². The molecular weight excluding hydrogens is 343 g/mol. The number of halogens is 4. The van der Waals surface area contributed by atoms with Gasteiger partial charge >= 0.3 is 6.18 Å². The van der Waals surface area contributed by atoms with Crippen molar-refractivity contribution in [1.82, 2.24) is 5.32 Å². The minimum absolute atomic E-state index is 0.260. The lowest BCUT2D eigenvalue weighted by Gasteiger charge is -2.26. The summed E-state index contributed by atoms with van der Waals surface area (Å²) in [7, 11) is 0. The highest BCUT2D eigenvalue weighted by Gasteiger charge is 2.35. The van der Waals surface area contributed by atoms with Crippen LogP contribution in [0.25, 0.3) is 0 Å². The van der Waals surface area contributed by atoms with Crippen LogP contribution in [0.2, 0.25) is 0 Å². The molecule has 0 aliphatic carbocycles. The molecule has 0 heterocycles. The lowest BCUT2D eigenvalue weighted by Crippen LogP contribution is -2.26. The van der Waals surface area contributed by atoms with E-state index in [9.17, 15) is 13.2 Å². The van der Waals surface area contributed by atoms with E-state index in [1.165, 1.54) is 6.07 Å². The molecule has 0 bridgehead atoms. The fourth-order valence-corrected chi connectivity index (χ4v) is 2.96. The van der Waals surface area contributed by atoms with E-state index in [-0.39, 0.29) is 6.04 Å². The van der Waals surface area contributed by atoms with Crippen LogP contribution >= 0.6 is 15.9 Å². The van der Waals surface area contributed by atoms with E-state index in [1.54, 1.807) is 12.1 Å². The van der Waals surface area contributed by atoms with Crippen molar-refractivity contribution < 1.29 is 13.2 Å². The second-order valence-corrected chi connectivity index (χ2v) is 6.17. The summed E-state index contributed by atoms with van der Waals surface area (Å²) in [5.74, 6) is 0.429. The minimum Gasteiger partial charge on any atom is -0.310 e. The van der Waals surface area contributed by atoms with Gasteiger partial charge in [-0.2, -0.15) is 13.2 Å². The first-order valence-electron chi connectivity index (χ1n) is 7.43. The van der Waals surface area contributed by atoms with Crippen LogP contribution in [0.5, 0.6) is 0 Å². The number of hydrogen-bond acceptors (Lipinski definition) is 1. The summed E-state index contributed by atoms with van der Waals surface area (Å²) >= 11 is 3.13. The number of benzene rings is 1. The molecule has 1 rings (SSSR count). The van der Waals surface area contributed by atoms with E-state index in [0.29, 0.717) is 22.5 Å². The third-order valence-electron chi connectivity index (χ3n) is 3.87. The normalized spacial score (nSPS) is 13.7. The number of hydrogen-bond donors (Lipinski definition) is 1. The van der Waals surface area contributed by atoms with Crippen LogP contribution in [0.15, 0.2) is 22.7 Å². The van der Waals surface area contributed by atoms with Gasteiger partial charge in [-0.1, -0.05) is 55.6 Å². The van der Waals surface area contributed by atoms with Crippen LogP contribution < -0.4 is 5.32 Å². The molecule has 0 fully saturated rings. The summed E-state index contributed by atoms with van der Waals surface area (Å²) in [6, 6.07) is 4.18. The molecular formula is C16H23BrF3N. The Morgan fingerprint density at radius 1 is 1.14 bits per heavy atom. The van der Waals surface area contributed by atoms with Gasteiger partial charge in [-0.15, -0.1) is 0 Å². The highest BCUT2D eigenvalue weighted by molar-refractivity contribution is 9.10. The first kappa shape index (κ1) is 18.5. The van der Waals surface area contributed by atoms with Gasteiger partial charge in [0.2, 0.25) is 0 Å². The number of alkyl halides is 3. The maximum Gasteiger partial charge on any atom is 0.416 e. The molecule has 1 nitrogen and oxygen atoms in total. The predicted octanol–water partition coefficient (Wildman–Crippen LogP) is 5.94. The van der Waals surface area contributed by atoms with Crippen molar-refractivity contribution in [3.8, 4) is 0 Å². The van der Waals surface area contributed by atoms with Crippen LogP contribution in [0.4, 0.5) is 13.2 Å². The molecule has 0 aliphatic heterocycles. The lowest BCUT2D eigenvalue weighted by molar-refractivity contribution is -0.138. The van der Waals surface area contributed by atoms with Crippen LogP contribution in [-0.2, 0) is 6.18 Å². The highest BCUT2D eigenvalue weighted by atomic mass is 79.9. The molecule has 1 unspecified atom stereocenters. The Morgan fingerprint density at radius 2 is 1.76 bits per heavy atom. The fraction of sp³-hybridized carbons (Fsp3) is 0.625. The predicted molar refractivity (Wildman–Crippen MR) is 84.3 cm³/mol. The van der Waals surface area contributed by atoms with E-state index in [1.807, 2.05) is 6.92 Å². The second-order valence-electron chi connectivity index (χ2n) is 5.26. The first-order chi connectivity index (χ1) is 9.83. The summed E-state index contributed by atoms with van der Waals surface area (Å²) < 4.78 is 40.3. The second kappa shape index (κ2) is 8.18. The largest absolute Gasteiger partial charge is 0.416 e. The van der Waals surface area contributed by atoms with Crippen LogP contribution in [0, 0.1) is 5.92 Å². The fourth-order valence-electron chi connectivity index (χ4n) is 2.60. The maximum atomic E-state index is 13.3. The Hall–Kier alpha value is -0.550. The standard InChI is InChI=1S/C16H23BrF3N/c1-4-11(5-2)9-15(21-6-3)13-8-7-12(17)10-14(13)16(18,19)20/h7-8,10-11,15,21H,4-6,9H2,1-3H3. The van der Waals surface area contributed by atoms with Crippen LogP contribution in [-0.4, -0.2) is 6.54 Å². The molecule has 0 spiro atoms. The Bertz CT molecular complexity index is 442. The molecule has 1 atom stereocenters. The van der Waals surface area contributed by atoms with Gasteiger partial charge < -0.3 is 5.32 Å². The molecule has 1 aromatic rings. The lowest BCUT2D eigenvalue weighted by atomic mass is 9.89. The average molecular weight is 366 g/mol. The minimum atomic E-state index is -4.33.